The fourth-order valence-electron chi connectivity index (χ4n) is 1.98. The Labute approximate surface area is 105 Å². The maximum atomic E-state index is 11.8. The molecule has 0 aliphatic carbocycles. The van der Waals surface area contributed by atoms with Gasteiger partial charge in [0.15, 0.2) is 5.17 Å². The summed E-state index contributed by atoms with van der Waals surface area (Å²) in [5, 5.41) is 3.28. The molecule has 0 aromatic carbocycles. The first-order valence-corrected chi connectivity index (χ1v) is 6.92. The van der Waals surface area contributed by atoms with Gasteiger partial charge in [-0.2, -0.15) is 0 Å². The van der Waals surface area contributed by atoms with E-state index >= 15 is 0 Å². The molecule has 94 valence electrons. The number of likely N-dealkylation sites (tertiary alicyclic amines) is 1. The van der Waals surface area contributed by atoms with Gasteiger partial charge in [-0.25, -0.2) is 0 Å². The third-order valence-corrected chi connectivity index (χ3v) is 3.73. The molecule has 5 nitrogen and oxygen atoms in total. The Balaban J connectivity index is 1.81. The third kappa shape index (κ3) is 3.46. The van der Waals surface area contributed by atoms with Gasteiger partial charge in [-0.1, -0.05) is 11.8 Å². The molecule has 2 rings (SSSR count). The first kappa shape index (κ1) is 12.4. The van der Waals surface area contributed by atoms with E-state index in [-0.39, 0.29) is 17.9 Å². The van der Waals surface area contributed by atoms with Gasteiger partial charge < -0.3 is 10.2 Å². The van der Waals surface area contributed by atoms with Crippen LogP contribution in [-0.4, -0.2) is 46.8 Å². The molecule has 0 aromatic rings. The monoisotopic (exact) mass is 255 g/mol. The molecule has 2 heterocycles. The van der Waals surface area contributed by atoms with Crippen molar-refractivity contribution in [2.24, 2.45) is 4.99 Å². The van der Waals surface area contributed by atoms with Crippen LogP contribution in [0.15, 0.2) is 4.99 Å². The lowest BCUT2D eigenvalue weighted by molar-refractivity contribution is -0.127. The summed E-state index contributed by atoms with van der Waals surface area (Å²) in [6.07, 6.45) is 2.64. The minimum absolute atomic E-state index is 0.0105. The van der Waals surface area contributed by atoms with Gasteiger partial charge >= 0.3 is 0 Å². The number of rotatable bonds is 2. The predicted molar refractivity (Wildman–Crippen MR) is 67.9 cm³/mol. The number of aliphatic imine (C=N–C) groups is 1. The molecule has 1 atom stereocenters. The first-order valence-electron chi connectivity index (χ1n) is 5.93. The van der Waals surface area contributed by atoms with Crippen molar-refractivity contribution in [1.29, 1.82) is 0 Å². The van der Waals surface area contributed by atoms with Gasteiger partial charge in [-0.05, 0) is 19.8 Å². The molecule has 17 heavy (non-hydrogen) atoms. The molecule has 1 fully saturated rings. The largest absolute Gasteiger partial charge is 0.342 e. The summed E-state index contributed by atoms with van der Waals surface area (Å²) in [6, 6.07) is 0.0214. The fourth-order valence-corrected chi connectivity index (χ4v) is 2.86. The zero-order chi connectivity index (χ0) is 12.3. The van der Waals surface area contributed by atoms with Gasteiger partial charge in [-0.15, -0.1) is 0 Å². The number of hydrogen-bond donors (Lipinski definition) is 1. The predicted octanol–water partition coefficient (Wildman–Crippen LogP) is 0.606. The van der Waals surface area contributed by atoms with Crippen LogP contribution in [0.4, 0.5) is 0 Å². The van der Waals surface area contributed by atoms with Crippen molar-refractivity contribution in [3.8, 4) is 0 Å². The summed E-state index contributed by atoms with van der Waals surface area (Å²) < 4.78 is 0. The topological polar surface area (TPSA) is 61.8 Å². The second-order valence-electron chi connectivity index (χ2n) is 4.41. The maximum Gasteiger partial charge on any atom is 0.233 e. The number of carbonyl (C=O) groups excluding carboxylic acids is 2. The molecular formula is C11H17N3O2S. The Bertz CT molecular complexity index is 351. The van der Waals surface area contributed by atoms with E-state index in [9.17, 15) is 9.59 Å². The molecule has 2 aliphatic rings. The van der Waals surface area contributed by atoms with E-state index in [0.29, 0.717) is 17.3 Å². The van der Waals surface area contributed by atoms with Crippen LogP contribution in [0, 0.1) is 0 Å². The van der Waals surface area contributed by atoms with E-state index in [4.69, 9.17) is 0 Å². The summed E-state index contributed by atoms with van der Waals surface area (Å²) in [7, 11) is 0. The molecular weight excluding hydrogens is 238 g/mol. The highest BCUT2D eigenvalue weighted by atomic mass is 32.2. The lowest BCUT2D eigenvalue weighted by atomic mass is 10.2. The van der Waals surface area contributed by atoms with Gasteiger partial charge in [0, 0.05) is 19.5 Å². The van der Waals surface area contributed by atoms with Crippen LogP contribution in [-0.2, 0) is 9.59 Å². The highest BCUT2D eigenvalue weighted by Gasteiger charge is 2.21. The molecule has 0 bridgehead atoms. The second kappa shape index (κ2) is 5.53. The van der Waals surface area contributed by atoms with Crippen LogP contribution in [0.5, 0.6) is 0 Å². The highest BCUT2D eigenvalue weighted by molar-refractivity contribution is 8.14. The maximum absolute atomic E-state index is 11.8. The van der Waals surface area contributed by atoms with Crippen molar-refractivity contribution in [2.45, 2.75) is 32.2 Å². The SMILES string of the molecule is C[C@@H]1CC(=O)NC(SCC(=O)N2CCCC2)=N1. The van der Waals surface area contributed by atoms with E-state index in [0.717, 1.165) is 25.9 Å². The summed E-state index contributed by atoms with van der Waals surface area (Å²) in [6.45, 7) is 3.64. The normalized spacial score (nSPS) is 24.5. The molecule has 0 unspecified atom stereocenters. The van der Waals surface area contributed by atoms with Gasteiger partial charge in [-0.3, -0.25) is 14.6 Å². The van der Waals surface area contributed by atoms with E-state index in [2.05, 4.69) is 10.3 Å². The molecule has 2 aliphatic heterocycles. The number of nitrogens with zero attached hydrogens (tertiary/aromatic N) is 2. The van der Waals surface area contributed by atoms with Crippen molar-refractivity contribution in [3.05, 3.63) is 0 Å². The van der Waals surface area contributed by atoms with Crippen LogP contribution in [0.3, 0.4) is 0 Å². The molecule has 0 aromatic heterocycles. The van der Waals surface area contributed by atoms with Crippen LogP contribution in [0.2, 0.25) is 0 Å². The number of nitrogens with one attached hydrogen (secondary N) is 1. The Morgan fingerprint density at radius 1 is 1.53 bits per heavy atom. The molecule has 1 saturated heterocycles. The zero-order valence-electron chi connectivity index (χ0n) is 9.94. The van der Waals surface area contributed by atoms with Crippen molar-refractivity contribution in [2.75, 3.05) is 18.8 Å². The summed E-state index contributed by atoms with van der Waals surface area (Å²) in [5.74, 6) is 0.498. The first-order chi connectivity index (χ1) is 8.15. The number of amides is 2. The Hall–Kier alpha value is -1.04. The fraction of sp³-hybridized carbons (Fsp3) is 0.727. The van der Waals surface area contributed by atoms with Gasteiger partial charge in [0.25, 0.3) is 0 Å². The van der Waals surface area contributed by atoms with E-state index in [1.807, 2.05) is 11.8 Å². The lowest BCUT2D eigenvalue weighted by Gasteiger charge is -2.19. The molecule has 1 N–H and O–H groups in total. The van der Waals surface area contributed by atoms with Gasteiger partial charge in [0.1, 0.15) is 0 Å². The third-order valence-electron chi connectivity index (χ3n) is 2.86. The smallest absolute Gasteiger partial charge is 0.233 e. The molecule has 0 spiro atoms. The van der Waals surface area contributed by atoms with Crippen LogP contribution < -0.4 is 5.32 Å². The van der Waals surface area contributed by atoms with Gasteiger partial charge in [0.05, 0.1) is 11.8 Å². The Morgan fingerprint density at radius 3 is 2.88 bits per heavy atom. The Morgan fingerprint density at radius 2 is 2.24 bits per heavy atom. The van der Waals surface area contributed by atoms with Crippen molar-refractivity contribution < 1.29 is 9.59 Å². The highest BCUT2D eigenvalue weighted by Crippen LogP contribution is 2.14. The van der Waals surface area contributed by atoms with Crippen molar-refractivity contribution in [3.63, 3.8) is 0 Å². The molecule has 0 saturated carbocycles. The quantitative estimate of drug-likeness (QED) is 0.786. The van der Waals surface area contributed by atoms with Crippen LogP contribution in [0.1, 0.15) is 26.2 Å². The number of amidine groups is 1. The number of carbonyl (C=O) groups is 2. The van der Waals surface area contributed by atoms with Crippen LogP contribution >= 0.6 is 11.8 Å². The molecule has 6 heteroatoms. The Kier molecular flexibility index (Phi) is 4.04. The zero-order valence-corrected chi connectivity index (χ0v) is 10.8. The van der Waals surface area contributed by atoms with Crippen molar-refractivity contribution in [1.82, 2.24) is 10.2 Å². The minimum Gasteiger partial charge on any atom is -0.342 e. The van der Waals surface area contributed by atoms with Crippen molar-refractivity contribution >= 4 is 28.7 Å². The average Bonchev–Trinajstić information content (AvgIpc) is 2.78. The van der Waals surface area contributed by atoms with Crippen LogP contribution in [0.25, 0.3) is 0 Å². The lowest BCUT2D eigenvalue weighted by Crippen LogP contribution is -2.37. The molecule has 0 radical (unpaired) electrons. The summed E-state index contributed by atoms with van der Waals surface area (Å²) >= 11 is 1.33. The molecule has 2 amide bonds. The minimum atomic E-state index is -0.0105. The summed E-state index contributed by atoms with van der Waals surface area (Å²) in [4.78, 5) is 29.3. The average molecular weight is 255 g/mol. The number of hydrogen-bond acceptors (Lipinski definition) is 4. The summed E-state index contributed by atoms with van der Waals surface area (Å²) in [5.41, 5.74) is 0. The van der Waals surface area contributed by atoms with E-state index in [1.54, 1.807) is 0 Å². The standard InChI is InChI=1S/C11H17N3O2S/c1-8-6-9(15)13-11(12-8)17-7-10(16)14-4-2-3-5-14/h8H,2-7H2,1H3,(H,12,13,15)/t8-/m1/s1. The van der Waals surface area contributed by atoms with E-state index < -0.39 is 0 Å². The number of thioether (sulfide) groups is 1. The second-order valence-corrected chi connectivity index (χ2v) is 5.38. The van der Waals surface area contributed by atoms with Gasteiger partial charge in [0.2, 0.25) is 11.8 Å². The van der Waals surface area contributed by atoms with E-state index in [1.165, 1.54) is 11.8 Å².